The SMILES string of the molecule is O=S(=O)(O)CC=CCS(=O)(=O)O.[Li]. The van der Waals surface area contributed by atoms with Crippen molar-refractivity contribution in [3.8, 4) is 0 Å². The van der Waals surface area contributed by atoms with Crippen molar-refractivity contribution in [1.29, 1.82) is 0 Å². The monoisotopic (exact) mass is 223 g/mol. The second-order valence-corrected chi connectivity index (χ2v) is 4.96. The van der Waals surface area contributed by atoms with Gasteiger partial charge in [-0.1, -0.05) is 12.2 Å². The molecule has 0 aliphatic rings. The molecule has 13 heavy (non-hydrogen) atoms. The van der Waals surface area contributed by atoms with Crippen LogP contribution in [0.4, 0.5) is 0 Å². The van der Waals surface area contributed by atoms with Crippen molar-refractivity contribution in [2.75, 3.05) is 11.5 Å². The van der Waals surface area contributed by atoms with E-state index in [0.717, 1.165) is 12.2 Å². The predicted octanol–water partition coefficient (Wildman–Crippen LogP) is -1.06. The van der Waals surface area contributed by atoms with Gasteiger partial charge in [-0.25, -0.2) is 0 Å². The first-order valence-corrected chi connectivity index (χ1v) is 5.98. The summed E-state index contributed by atoms with van der Waals surface area (Å²) in [7, 11) is -8.21. The quantitative estimate of drug-likeness (QED) is 0.357. The van der Waals surface area contributed by atoms with E-state index in [-0.39, 0.29) is 18.9 Å². The maximum atomic E-state index is 10.0. The summed E-state index contributed by atoms with van der Waals surface area (Å²) in [5.41, 5.74) is 0. The van der Waals surface area contributed by atoms with Crippen molar-refractivity contribution in [2.45, 2.75) is 0 Å². The van der Waals surface area contributed by atoms with Crippen LogP contribution in [0.25, 0.3) is 0 Å². The van der Waals surface area contributed by atoms with E-state index in [2.05, 4.69) is 0 Å². The van der Waals surface area contributed by atoms with Gasteiger partial charge in [0.1, 0.15) is 0 Å². The van der Waals surface area contributed by atoms with Gasteiger partial charge in [-0.05, 0) is 0 Å². The Morgan fingerprint density at radius 1 is 0.846 bits per heavy atom. The van der Waals surface area contributed by atoms with Crippen LogP contribution >= 0.6 is 0 Å². The first kappa shape index (κ1) is 15.6. The smallest absolute Gasteiger partial charge is 0.268 e. The molecule has 0 rings (SSSR count). The van der Waals surface area contributed by atoms with Gasteiger partial charge in [-0.15, -0.1) is 0 Å². The standard InChI is InChI=1S/C4H8O6S2.Li/c5-11(6,7)3-1-2-4-12(8,9)10;/h1-2H,3-4H2,(H,5,6,7)(H,8,9,10);. The zero-order valence-electron chi connectivity index (χ0n) is 6.91. The van der Waals surface area contributed by atoms with E-state index in [1.54, 1.807) is 0 Å². The Labute approximate surface area is 88.7 Å². The fraction of sp³-hybridized carbons (Fsp3) is 0.500. The minimum absolute atomic E-state index is 0. The van der Waals surface area contributed by atoms with Gasteiger partial charge < -0.3 is 0 Å². The van der Waals surface area contributed by atoms with Crippen LogP contribution in [-0.4, -0.2) is 56.3 Å². The van der Waals surface area contributed by atoms with Gasteiger partial charge in [-0.3, -0.25) is 9.11 Å². The zero-order chi connectivity index (χ0) is 9.83. The van der Waals surface area contributed by atoms with Crippen molar-refractivity contribution in [3.63, 3.8) is 0 Å². The minimum atomic E-state index is -4.11. The van der Waals surface area contributed by atoms with Gasteiger partial charge in [0.05, 0.1) is 11.5 Å². The summed E-state index contributed by atoms with van der Waals surface area (Å²) >= 11 is 0. The van der Waals surface area contributed by atoms with Gasteiger partial charge >= 0.3 is 0 Å². The molecule has 0 aromatic rings. The molecule has 0 heterocycles. The normalized spacial score (nSPS) is 12.8. The molecule has 0 saturated heterocycles. The fourth-order valence-corrected chi connectivity index (χ4v) is 1.14. The fourth-order valence-electron chi connectivity index (χ4n) is 0.379. The Morgan fingerprint density at radius 3 is 1.23 bits per heavy atom. The molecule has 0 aliphatic carbocycles. The third-order valence-corrected chi connectivity index (χ3v) is 2.01. The molecule has 0 aromatic heterocycles. The Hall–Kier alpha value is 0.157. The van der Waals surface area contributed by atoms with E-state index in [4.69, 9.17) is 9.11 Å². The van der Waals surface area contributed by atoms with E-state index in [9.17, 15) is 16.8 Å². The third kappa shape index (κ3) is 15.0. The van der Waals surface area contributed by atoms with Crippen LogP contribution in [0, 0.1) is 0 Å². The molecule has 9 heteroatoms. The molecule has 1 radical (unpaired) electrons. The van der Waals surface area contributed by atoms with Crippen molar-refractivity contribution in [1.82, 2.24) is 0 Å². The van der Waals surface area contributed by atoms with Crippen molar-refractivity contribution in [2.24, 2.45) is 0 Å². The Morgan fingerprint density at radius 2 is 1.08 bits per heavy atom. The minimum Gasteiger partial charge on any atom is -0.285 e. The molecule has 0 aromatic carbocycles. The molecule has 0 saturated carbocycles. The second kappa shape index (κ2) is 5.80. The van der Waals surface area contributed by atoms with Crippen LogP contribution in [0.15, 0.2) is 12.2 Å². The number of rotatable bonds is 4. The first-order chi connectivity index (χ1) is 5.21. The molecule has 73 valence electrons. The molecular formula is C4H8LiO6S2. The average molecular weight is 223 g/mol. The maximum Gasteiger partial charge on any atom is 0.268 e. The maximum absolute atomic E-state index is 10.0. The Bertz CT molecular complexity index is 316. The molecule has 0 amide bonds. The van der Waals surface area contributed by atoms with Crippen LogP contribution in [0.2, 0.25) is 0 Å². The zero-order valence-corrected chi connectivity index (χ0v) is 8.55. The van der Waals surface area contributed by atoms with Gasteiger partial charge in [0.2, 0.25) is 0 Å². The Kier molecular flexibility index (Phi) is 6.97. The van der Waals surface area contributed by atoms with E-state index >= 15 is 0 Å². The summed E-state index contributed by atoms with van der Waals surface area (Å²) in [6.07, 6.45) is 1.87. The van der Waals surface area contributed by atoms with Crippen LogP contribution in [0.1, 0.15) is 0 Å². The molecule has 0 unspecified atom stereocenters. The summed E-state index contributed by atoms with van der Waals surface area (Å²) in [4.78, 5) is 0. The summed E-state index contributed by atoms with van der Waals surface area (Å²) in [6.45, 7) is 0. The summed E-state index contributed by atoms with van der Waals surface area (Å²) in [6, 6.07) is 0. The van der Waals surface area contributed by atoms with E-state index < -0.39 is 31.7 Å². The summed E-state index contributed by atoms with van der Waals surface area (Å²) in [5.74, 6) is -1.33. The molecule has 0 atom stereocenters. The van der Waals surface area contributed by atoms with Crippen molar-refractivity contribution >= 4 is 39.1 Å². The first-order valence-electron chi connectivity index (χ1n) is 2.76. The average Bonchev–Trinajstić information content (AvgIpc) is 1.76. The molecule has 6 nitrogen and oxygen atoms in total. The molecule has 2 N–H and O–H groups in total. The molecule has 0 aliphatic heterocycles. The van der Waals surface area contributed by atoms with E-state index in [1.165, 1.54) is 0 Å². The van der Waals surface area contributed by atoms with E-state index in [0.29, 0.717) is 0 Å². The van der Waals surface area contributed by atoms with E-state index in [1.807, 2.05) is 0 Å². The van der Waals surface area contributed by atoms with Crippen LogP contribution in [0.3, 0.4) is 0 Å². The molecular weight excluding hydrogens is 215 g/mol. The number of hydrogen-bond donors (Lipinski definition) is 2. The molecule has 0 bridgehead atoms. The van der Waals surface area contributed by atoms with Crippen LogP contribution in [0.5, 0.6) is 0 Å². The van der Waals surface area contributed by atoms with Gasteiger partial charge in [0, 0.05) is 18.9 Å². The van der Waals surface area contributed by atoms with Gasteiger partial charge in [-0.2, -0.15) is 16.8 Å². The largest absolute Gasteiger partial charge is 0.285 e. The van der Waals surface area contributed by atoms with Crippen molar-refractivity contribution in [3.05, 3.63) is 12.2 Å². The Balaban J connectivity index is 0. The van der Waals surface area contributed by atoms with Crippen LogP contribution in [-0.2, 0) is 20.2 Å². The number of hydrogen-bond acceptors (Lipinski definition) is 4. The van der Waals surface area contributed by atoms with Crippen LogP contribution < -0.4 is 0 Å². The van der Waals surface area contributed by atoms with Gasteiger partial charge in [0.25, 0.3) is 20.2 Å². The summed E-state index contributed by atoms with van der Waals surface area (Å²) < 4.78 is 56.5. The summed E-state index contributed by atoms with van der Waals surface area (Å²) in [5, 5.41) is 0. The van der Waals surface area contributed by atoms with Gasteiger partial charge in [0.15, 0.2) is 0 Å². The molecule has 0 spiro atoms. The van der Waals surface area contributed by atoms with Crippen molar-refractivity contribution < 1.29 is 25.9 Å². The second-order valence-electron chi connectivity index (χ2n) is 1.97. The predicted molar refractivity (Wildman–Crippen MR) is 47.7 cm³/mol. The molecule has 0 fully saturated rings. The topological polar surface area (TPSA) is 109 Å². The third-order valence-electron chi connectivity index (χ3n) is 0.780.